The number of para-hydroxylation sites is 1. The Bertz CT molecular complexity index is 802. The molecule has 0 aliphatic heterocycles. The van der Waals surface area contributed by atoms with E-state index in [4.69, 9.17) is 4.74 Å². The highest BCUT2D eigenvalue weighted by atomic mass is 16.5. The van der Waals surface area contributed by atoms with E-state index in [1.165, 1.54) is 6.20 Å². The number of ether oxygens (including phenoxy) is 1. The van der Waals surface area contributed by atoms with Crippen molar-refractivity contribution in [3.63, 3.8) is 0 Å². The molecule has 0 bridgehead atoms. The Morgan fingerprint density at radius 1 is 1.00 bits per heavy atom. The number of carbonyl (C=O) groups excluding carboxylic acids is 1. The lowest BCUT2D eigenvalue weighted by Crippen LogP contribution is -2.14. The van der Waals surface area contributed by atoms with Crippen molar-refractivity contribution in [1.82, 2.24) is 9.97 Å². The maximum absolute atomic E-state index is 12.3. The molecule has 0 aliphatic rings. The summed E-state index contributed by atoms with van der Waals surface area (Å²) in [5.74, 6) is 0.471. The van der Waals surface area contributed by atoms with Gasteiger partial charge in [0.25, 0.3) is 5.91 Å². The van der Waals surface area contributed by atoms with E-state index in [0.717, 1.165) is 11.3 Å². The largest absolute Gasteiger partial charge is 0.497 e. The smallest absolute Gasteiger partial charge is 0.275 e. The number of benzene rings is 2. The van der Waals surface area contributed by atoms with Gasteiger partial charge in [-0.25, -0.2) is 4.98 Å². The normalized spacial score (nSPS) is 10.1. The van der Waals surface area contributed by atoms with Gasteiger partial charge in [-0.15, -0.1) is 0 Å². The maximum Gasteiger partial charge on any atom is 0.275 e. The van der Waals surface area contributed by atoms with E-state index in [1.807, 2.05) is 54.6 Å². The van der Waals surface area contributed by atoms with Crippen molar-refractivity contribution in [2.75, 3.05) is 12.4 Å². The van der Waals surface area contributed by atoms with Crippen LogP contribution in [0.2, 0.25) is 0 Å². The number of rotatable bonds is 4. The molecule has 0 unspecified atom stereocenters. The van der Waals surface area contributed by atoms with Crippen molar-refractivity contribution < 1.29 is 9.53 Å². The number of anilines is 1. The van der Waals surface area contributed by atoms with Gasteiger partial charge in [0, 0.05) is 11.3 Å². The molecule has 3 aromatic rings. The van der Waals surface area contributed by atoms with Gasteiger partial charge in [0.15, 0.2) is 0 Å². The molecule has 5 nitrogen and oxygen atoms in total. The monoisotopic (exact) mass is 305 g/mol. The highest BCUT2D eigenvalue weighted by Gasteiger charge is 2.10. The molecule has 3 rings (SSSR count). The molecule has 0 aliphatic carbocycles. The van der Waals surface area contributed by atoms with Crippen molar-refractivity contribution in [3.05, 3.63) is 72.7 Å². The second kappa shape index (κ2) is 6.70. The van der Waals surface area contributed by atoms with Gasteiger partial charge in [0.05, 0.1) is 25.2 Å². The fourth-order valence-corrected chi connectivity index (χ4v) is 2.09. The molecule has 1 heterocycles. The third-order valence-electron chi connectivity index (χ3n) is 3.28. The third-order valence-corrected chi connectivity index (χ3v) is 3.28. The van der Waals surface area contributed by atoms with Gasteiger partial charge in [-0.2, -0.15) is 0 Å². The van der Waals surface area contributed by atoms with Gasteiger partial charge in [0.1, 0.15) is 11.4 Å². The maximum atomic E-state index is 12.3. The van der Waals surface area contributed by atoms with Crippen LogP contribution in [0, 0.1) is 0 Å². The number of methoxy groups -OCH3 is 1. The van der Waals surface area contributed by atoms with Gasteiger partial charge in [-0.05, 0) is 36.4 Å². The van der Waals surface area contributed by atoms with Gasteiger partial charge >= 0.3 is 0 Å². The Hall–Kier alpha value is -3.21. The average molecular weight is 305 g/mol. The molecule has 0 saturated heterocycles. The molecular formula is C18H15N3O2. The van der Waals surface area contributed by atoms with Crippen LogP contribution in [-0.2, 0) is 0 Å². The van der Waals surface area contributed by atoms with Crippen molar-refractivity contribution in [3.8, 4) is 17.0 Å². The lowest BCUT2D eigenvalue weighted by atomic mass is 10.1. The number of nitrogens with one attached hydrogen (secondary N) is 1. The highest BCUT2D eigenvalue weighted by molar-refractivity contribution is 6.02. The zero-order valence-electron chi connectivity index (χ0n) is 12.6. The van der Waals surface area contributed by atoms with Crippen LogP contribution in [0.3, 0.4) is 0 Å². The molecule has 1 amide bonds. The molecule has 114 valence electrons. The lowest BCUT2D eigenvalue weighted by molar-refractivity contribution is 0.102. The Kier molecular flexibility index (Phi) is 4.29. The number of amides is 1. The third kappa shape index (κ3) is 3.52. The first-order valence-electron chi connectivity index (χ1n) is 7.09. The van der Waals surface area contributed by atoms with Crippen LogP contribution in [0.1, 0.15) is 10.5 Å². The zero-order valence-corrected chi connectivity index (χ0v) is 12.6. The van der Waals surface area contributed by atoms with Crippen LogP contribution in [0.25, 0.3) is 11.3 Å². The summed E-state index contributed by atoms with van der Waals surface area (Å²) < 4.78 is 5.13. The minimum atomic E-state index is -0.293. The van der Waals surface area contributed by atoms with Crippen LogP contribution in [0.15, 0.2) is 67.0 Å². The van der Waals surface area contributed by atoms with Crippen LogP contribution in [-0.4, -0.2) is 23.0 Å². The van der Waals surface area contributed by atoms with E-state index in [0.29, 0.717) is 11.4 Å². The molecule has 0 spiro atoms. The fourth-order valence-electron chi connectivity index (χ4n) is 2.09. The molecule has 0 atom stereocenters. The molecule has 0 radical (unpaired) electrons. The number of hydrogen-bond acceptors (Lipinski definition) is 4. The van der Waals surface area contributed by atoms with Crippen molar-refractivity contribution in [2.24, 2.45) is 0 Å². The molecule has 2 aromatic carbocycles. The predicted octanol–water partition coefficient (Wildman–Crippen LogP) is 3.40. The van der Waals surface area contributed by atoms with Gasteiger partial charge in [0.2, 0.25) is 0 Å². The summed E-state index contributed by atoms with van der Waals surface area (Å²) in [6, 6.07) is 16.7. The Balaban J connectivity index is 1.82. The van der Waals surface area contributed by atoms with Crippen LogP contribution in [0.4, 0.5) is 5.69 Å². The molecular weight excluding hydrogens is 290 g/mol. The van der Waals surface area contributed by atoms with E-state index < -0.39 is 0 Å². The van der Waals surface area contributed by atoms with Crippen LogP contribution in [0.5, 0.6) is 5.75 Å². The average Bonchev–Trinajstić information content (AvgIpc) is 2.63. The summed E-state index contributed by atoms with van der Waals surface area (Å²) in [5, 5.41) is 2.79. The van der Waals surface area contributed by atoms with E-state index in [9.17, 15) is 4.79 Å². The topological polar surface area (TPSA) is 64.1 Å². The summed E-state index contributed by atoms with van der Waals surface area (Å²) in [4.78, 5) is 20.8. The predicted molar refractivity (Wildman–Crippen MR) is 88.4 cm³/mol. The quantitative estimate of drug-likeness (QED) is 0.802. The van der Waals surface area contributed by atoms with Crippen molar-refractivity contribution in [2.45, 2.75) is 0 Å². The molecule has 0 saturated carbocycles. The first-order chi connectivity index (χ1) is 11.3. The van der Waals surface area contributed by atoms with Crippen LogP contribution < -0.4 is 10.1 Å². The Morgan fingerprint density at radius 2 is 1.74 bits per heavy atom. The van der Waals surface area contributed by atoms with Crippen molar-refractivity contribution >= 4 is 11.6 Å². The molecule has 23 heavy (non-hydrogen) atoms. The van der Waals surface area contributed by atoms with E-state index in [1.54, 1.807) is 13.3 Å². The summed E-state index contributed by atoms with van der Waals surface area (Å²) in [5.41, 5.74) is 2.48. The molecule has 5 heteroatoms. The fraction of sp³-hybridized carbons (Fsp3) is 0.0556. The minimum Gasteiger partial charge on any atom is -0.497 e. The molecule has 0 fully saturated rings. The minimum absolute atomic E-state index is 0.266. The first kappa shape index (κ1) is 14.7. The molecule has 1 N–H and O–H groups in total. The second-order valence-corrected chi connectivity index (χ2v) is 4.84. The first-order valence-corrected chi connectivity index (χ1v) is 7.09. The van der Waals surface area contributed by atoms with E-state index in [-0.39, 0.29) is 11.6 Å². The number of carbonyl (C=O) groups is 1. The number of hydrogen-bond donors (Lipinski definition) is 1. The van der Waals surface area contributed by atoms with Gasteiger partial charge < -0.3 is 10.1 Å². The van der Waals surface area contributed by atoms with Gasteiger partial charge in [-0.1, -0.05) is 18.2 Å². The lowest BCUT2D eigenvalue weighted by Gasteiger charge is -2.06. The second-order valence-electron chi connectivity index (χ2n) is 4.84. The highest BCUT2D eigenvalue weighted by Crippen LogP contribution is 2.20. The van der Waals surface area contributed by atoms with Gasteiger partial charge in [-0.3, -0.25) is 9.78 Å². The summed E-state index contributed by atoms with van der Waals surface area (Å²) in [7, 11) is 1.61. The SMILES string of the molecule is COc1ccc(-c2cncc(C(=O)Nc3ccccc3)n2)cc1. The number of nitrogens with zero attached hydrogens (tertiary/aromatic N) is 2. The summed E-state index contributed by atoms with van der Waals surface area (Å²) >= 11 is 0. The van der Waals surface area contributed by atoms with Crippen LogP contribution >= 0.6 is 0 Å². The summed E-state index contributed by atoms with van der Waals surface area (Å²) in [6.45, 7) is 0. The van der Waals surface area contributed by atoms with E-state index in [2.05, 4.69) is 15.3 Å². The molecule has 1 aromatic heterocycles. The standard InChI is InChI=1S/C18H15N3O2/c1-23-15-9-7-13(8-10-15)16-11-19-12-17(21-16)18(22)20-14-5-3-2-4-6-14/h2-12H,1H3,(H,20,22). The Labute approximate surface area is 134 Å². The number of aromatic nitrogens is 2. The zero-order chi connectivity index (χ0) is 16.1. The Morgan fingerprint density at radius 3 is 2.43 bits per heavy atom. The van der Waals surface area contributed by atoms with Crippen molar-refractivity contribution in [1.29, 1.82) is 0 Å². The van der Waals surface area contributed by atoms with E-state index >= 15 is 0 Å². The summed E-state index contributed by atoms with van der Waals surface area (Å²) in [6.07, 6.45) is 3.08.